The van der Waals surface area contributed by atoms with Gasteiger partial charge in [-0.3, -0.25) is 4.79 Å². The second-order valence-electron chi connectivity index (χ2n) is 6.84. The van der Waals surface area contributed by atoms with Crippen molar-refractivity contribution < 1.29 is 9.21 Å². The molecule has 0 aliphatic rings. The smallest absolute Gasteiger partial charge is 0.323 e. The molecule has 0 radical (unpaired) electrons. The van der Waals surface area contributed by atoms with Crippen molar-refractivity contribution in [3.8, 4) is 11.5 Å². The SMILES string of the molecule is Cc1cc(C)cc(-c2nnc(S[C@@H](C)C(=O)Nc3ccc4[nH]c(=O)[nH]c4c3)o2)c1. The van der Waals surface area contributed by atoms with Crippen LogP contribution in [-0.4, -0.2) is 31.3 Å². The Hall–Kier alpha value is -3.33. The summed E-state index contributed by atoms with van der Waals surface area (Å²) in [5.74, 6) is 0.215. The fraction of sp³-hybridized carbons (Fsp3) is 0.200. The predicted molar refractivity (Wildman–Crippen MR) is 112 cm³/mol. The van der Waals surface area contributed by atoms with E-state index in [-0.39, 0.29) is 11.6 Å². The third-order valence-electron chi connectivity index (χ3n) is 4.31. The van der Waals surface area contributed by atoms with Gasteiger partial charge in [0.1, 0.15) is 0 Å². The summed E-state index contributed by atoms with van der Waals surface area (Å²) in [5, 5.41) is 10.8. The first kappa shape index (κ1) is 19.0. The molecule has 8 nitrogen and oxygen atoms in total. The van der Waals surface area contributed by atoms with Crippen molar-refractivity contribution in [2.24, 2.45) is 0 Å². The van der Waals surface area contributed by atoms with Crippen molar-refractivity contribution in [3.05, 3.63) is 58.0 Å². The molecule has 2 aromatic heterocycles. The zero-order valence-corrected chi connectivity index (χ0v) is 16.9. The summed E-state index contributed by atoms with van der Waals surface area (Å²) in [6, 6.07) is 11.2. The molecule has 0 aliphatic heterocycles. The molecule has 4 aromatic rings. The van der Waals surface area contributed by atoms with Crippen LogP contribution in [0.25, 0.3) is 22.5 Å². The van der Waals surface area contributed by atoms with Crippen LogP contribution in [0.4, 0.5) is 5.69 Å². The van der Waals surface area contributed by atoms with Gasteiger partial charge >= 0.3 is 5.69 Å². The molecule has 0 unspecified atom stereocenters. The molecular formula is C20H19N5O3S. The van der Waals surface area contributed by atoms with Crippen LogP contribution in [0.3, 0.4) is 0 Å². The molecule has 29 heavy (non-hydrogen) atoms. The molecule has 0 saturated carbocycles. The maximum Gasteiger partial charge on any atom is 0.323 e. The number of nitrogens with one attached hydrogen (secondary N) is 3. The number of aromatic nitrogens is 4. The fourth-order valence-corrected chi connectivity index (χ4v) is 3.71. The number of carbonyl (C=O) groups is 1. The summed E-state index contributed by atoms with van der Waals surface area (Å²) in [4.78, 5) is 29.2. The lowest BCUT2D eigenvalue weighted by Gasteiger charge is -2.09. The average Bonchev–Trinajstić information content (AvgIpc) is 3.26. The number of aromatic amines is 2. The van der Waals surface area contributed by atoms with E-state index in [1.807, 2.05) is 26.0 Å². The van der Waals surface area contributed by atoms with E-state index in [1.165, 1.54) is 11.8 Å². The quantitative estimate of drug-likeness (QED) is 0.433. The van der Waals surface area contributed by atoms with Gasteiger partial charge in [-0.1, -0.05) is 29.0 Å². The van der Waals surface area contributed by atoms with E-state index in [0.717, 1.165) is 16.7 Å². The molecule has 0 fully saturated rings. The highest BCUT2D eigenvalue weighted by atomic mass is 32.2. The van der Waals surface area contributed by atoms with Gasteiger partial charge < -0.3 is 19.7 Å². The molecule has 1 atom stereocenters. The molecule has 2 aromatic carbocycles. The van der Waals surface area contributed by atoms with E-state index >= 15 is 0 Å². The number of aryl methyl sites for hydroxylation is 2. The van der Waals surface area contributed by atoms with E-state index < -0.39 is 5.25 Å². The van der Waals surface area contributed by atoms with Gasteiger partial charge in [0.15, 0.2) is 0 Å². The Balaban J connectivity index is 1.44. The number of thioether (sulfide) groups is 1. The van der Waals surface area contributed by atoms with E-state index in [1.54, 1.807) is 25.1 Å². The van der Waals surface area contributed by atoms with Gasteiger partial charge in [-0.05, 0) is 51.1 Å². The van der Waals surface area contributed by atoms with Crippen LogP contribution in [-0.2, 0) is 4.79 Å². The minimum absolute atomic E-state index is 0.210. The Morgan fingerprint density at radius 1 is 1.07 bits per heavy atom. The number of hydrogen-bond donors (Lipinski definition) is 3. The Labute approximate surface area is 170 Å². The Kier molecular flexibility index (Phi) is 4.98. The lowest BCUT2D eigenvalue weighted by atomic mass is 10.1. The van der Waals surface area contributed by atoms with Crippen LogP contribution in [0.5, 0.6) is 0 Å². The zero-order valence-electron chi connectivity index (χ0n) is 16.1. The molecule has 2 heterocycles. The second-order valence-corrected chi connectivity index (χ2v) is 8.13. The monoisotopic (exact) mass is 409 g/mol. The molecular weight excluding hydrogens is 390 g/mol. The van der Waals surface area contributed by atoms with E-state index in [0.29, 0.717) is 27.8 Å². The number of nitrogens with zero attached hydrogens (tertiary/aromatic N) is 2. The topological polar surface area (TPSA) is 117 Å². The van der Waals surface area contributed by atoms with Gasteiger partial charge in [-0.15, -0.1) is 10.2 Å². The Bertz CT molecular complexity index is 1240. The van der Waals surface area contributed by atoms with Crippen molar-refractivity contribution in [3.63, 3.8) is 0 Å². The first-order chi connectivity index (χ1) is 13.9. The molecule has 9 heteroatoms. The van der Waals surface area contributed by atoms with Gasteiger partial charge in [0.25, 0.3) is 5.22 Å². The van der Waals surface area contributed by atoms with Gasteiger partial charge in [0, 0.05) is 11.3 Å². The zero-order chi connectivity index (χ0) is 20.5. The fourth-order valence-electron chi connectivity index (χ4n) is 3.03. The maximum atomic E-state index is 12.5. The minimum atomic E-state index is -0.455. The van der Waals surface area contributed by atoms with Crippen LogP contribution < -0.4 is 11.0 Å². The maximum absolute atomic E-state index is 12.5. The first-order valence-electron chi connectivity index (χ1n) is 8.99. The van der Waals surface area contributed by atoms with Crippen LogP contribution in [0.15, 0.2) is 50.8 Å². The van der Waals surface area contributed by atoms with Gasteiger partial charge in [0.2, 0.25) is 11.8 Å². The van der Waals surface area contributed by atoms with Crippen LogP contribution >= 0.6 is 11.8 Å². The molecule has 0 aliphatic carbocycles. The first-order valence-corrected chi connectivity index (χ1v) is 9.87. The van der Waals surface area contributed by atoms with Crippen LogP contribution in [0.2, 0.25) is 0 Å². The molecule has 1 amide bonds. The normalized spacial score (nSPS) is 12.2. The lowest BCUT2D eigenvalue weighted by molar-refractivity contribution is -0.115. The average molecular weight is 409 g/mol. The van der Waals surface area contributed by atoms with Gasteiger partial charge in [-0.25, -0.2) is 4.79 Å². The summed E-state index contributed by atoms with van der Waals surface area (Å²) >= 11 is 1.19. The van der Waals surface area contributed by atoms with Crippen molar-refractivity contribution in [2.75, 3.05) is 5.32 Å². The number of fused-ring (bicyclic) bond motifs is 1. The molecule has 0 spiro atoms. The molecule has 148 valence electrons. The predicted octanol–water partition coefficient (Wildman–Crippen LogP) is 3.64. The minimum Gasteiger partial charge on any atom is -0.411 e. The van der Waals surface area contributed by atoms with Crippen molar-refractivity contribution in [2.45, 2.75) is 31.2 Å². The number of amides is 1. The summed E-state index contributed by atoms with van der Waals surface area (Å²) in [6.07, 6.45) is 0. The number of imidazole rings is 1. The number of anilines is 1. The highest BCUT2D eigenvalue weighted by Crippen LogP contribution is 2.28. The van der Waals surface area contributed by atoms with Crippen molar-refractivity contribution in [1.29, 1.82) is 0 Å². The van der Waals surface area contributed by atoms with Gasteiger partial charge in [0.05, 0.1) is 16.3 Å². The van der Waals surface area contributed by atoms with Gasteiger partial charge in [-0.2, -0.15) is 0 Å². The third-order valence-corrected chi connectivity index (χ3v) is 5.24. The summed E-state index contributed by atoms with van der Waals surface area (Å²) in [5.41, 5.74) is 4.69. The number of hydrogen-bond acceptors (Lipinski definition) is 6. The molecule has 3 N–H and O–H groups in total. The van der Waals surface area contributed by atoms with Crippen molar-refractivity contribution >= 4 is 34.4 Å². The highest BCUT2D eigenvalue weighted by molar-refractivity contribution is 8.00. The molecule has 0 bridgehead atoms. The van der Waals surface area contributed by atoms with E-state index in [2.05, 4.69) is 31.5 Å². The molecule has 0 saturated heterocycles. The van der Waals surface area contributed by atoms with Crippen molar-refractivity contribution in [1.82, 2.24) is 20.2 Å². The number of H-pyrrole nitrogens is 2. The second kappa shape index (κ2) is 7.59. The summed E-state index contributed by atoms with van der Waals surface area (Å²) in [7, 11) is 0. The van der Waals surface area contributed by atoms with E-state index in [4.69, 9.17) is 4.42 Å². The lowest BCUT2D eigenvalue weighted by Crippen LogP contribution is -2.22. The standard InChI is InChI=1S/C20H19N5O3S/c1-10-6-11(2)8-13(7-10)18-24-25-20(28-18)29-12(3)17(26)21-14-4-5-15-16(9-14)23-19(27)22-15/h4-9,12H,1-3H3,(H,21,26)(H2,22,23,27)/t12-/m0/s1. The number of benzene rings is 2. The Morgan fingerprint density at radius 3 is 2.55 bits per heavy atom. The number of carbonyl (C=O) groups excluding carboxylic acids is 1. The van der Waals surface area contributed by atoms with E-state index in [9.17, 15) is 9.59 Å². The summed E-state index contributed by atoms with van der Waals surface area (Å²) < 4.78 is 5.73. The van der Waals surface area contributed by atoms with Crippen LogP contribution in [0.1, 0.15) is 18.1 Å². The third kappa shape index (κ3) is 4.24. The highest BCUT2D eigenvalue weighted by Gasteiger charge is 2.19. The Morgan fingerprint density at radius 2 is 1.79 bits per heavy atom. The molecule has 4 rings (SSSR count). The summed E-state index contributed by atoms with van der Waals surface area (Å²) in [6.45, 7) is 5.78. The largest absolute Gasteiger partial charge is 0.411 e. The number of rotatable bonds is 5. The van der Waals surface area contributed by atoms with Crippen LogP contribution in [0, 0.1) is 13.8 Å².